The molecule has 0 aromatic heterocycles. The first kappa shape index (κ1) is 11.1. The number of amides is 1. The third-order valence-corrected chi connectivity index (χ3v) is 1.15. The minimum atomic E-state index is -0.379. The van der Waals surface area contributed by atoms with Crippen LogP contribution in [0, 0.1) is 11.3 Å². The Bertz CT molecular complexity index is 289. The molecule has 0 aliphatic rings. The van der Waals surface area contributed by atoms with Gasteiger partial charge >= 0.3 is 0 Å². The standard InChI is InChI=1S/C7H7NO.C2H4N2/c8-7(9)6-4-2-1-3-5-6;3-1-2-4/h1-5H,(H2,8,9);1,3H2. The van der Waals surface area contributed by atoms with E-state index in [1.54, 1.807) is 30.3 Å². The van der Waals surface area contributed by atoms with Crippen molar-refractivity contribution in [3.05, 3.63) is 35.9 Å². The molecule has 0 aliphatic heterocycles. The van der Waals surface area contributed by atoms with Crippen molar-refractivity contribution in [2.24, 2.45) is 11.5 Å². The Morgan fingerprint density at radius 3 is 2.08 bits per heavy atom. The fraction of sp³-hybridized carbons (Fsp3) is 0.111. The van der Waals surface area contributed by atoms with Crippen LogP contribution in [-0.4, -0.2) is 12.5 Å². The van der Waals surface area contributed by atoms with E-state index >= 15 is 0 Å². The van der Waals surface area contributed by atoms with E-state index in [1.165, 1.54) is 0 Å². The van der Waals surface area contributed by atoms with Gasteiger partial charge in [0, 0.05) is 5.56 Å². The van der Waals surface area contributed by atoms with E-state index in [4.69, 9.17) is 11.0 Å². The summed E-state index contributed by atoms with van der Waals surface area (Å²) in [5.41, 5.74) is 10.2. The Hall–Kier alpha value is -1.86. The van der Waals surface area contributed by atoms with Crippen molar-refractivity contribution in [3.8, 4) is 6.07 Å². The van der Waals surface area contributed by atoms with Crippen LogP contribution in [0.2, 0.25) is 0 Å². The summed E-state index contributed by atoms with van der Waals surface area (Å²) in [6.45, 7) is 0.125. The van der Waals surface area contributed by atoms with Crippen LogP contribution >= 0.6 is 0 Å². The monoisotopic (exact) mass is 177 g/mol. The molecule has 4 nitrogen and oxygen atoms in total. The molecule has 0 saturated carbocycles. The van der Waals surface area contributed by atoms with E-state index in [0.717, 1.165) is 0 Å². The normalized spacial score (nSPS) is 7.69. The molecule has 1 aromatic carbocycles. The fourth-order valence-corrected chi connectivity index (χ4v) is 0.602. The Balaban J connectivity index is 0.000000310. The highest BCUT2D eigenvalue weighted by Crippen LogP contribution is 1.94. The maximum absolute atomic E-state index is 10.4. The molecular formula is C9H11N3O. The largest absolute Gasteiger partial charge is 0.366 e. The maximum Gasteiger partial charge on any atom is 0.248 e. The van der Waals surface area contributed by atoms with Gasteiger partial charge in [-0.2, -0.15) is 5.26 Å². The maximum atomic E-state index is 10.4. The topological polar surface area (TPSA) is 92.9 Å². The minimum absolute atomic E-state index is 0.125. The van der Waals surface area contributed by atoms with Crippen molar-refractivity contribution in [3.63, 3.8) is 0 Å². The average Bonchev–Trinajstić information content (AvgIpc) is 2.19. The molecule has 1 aromatic rings. The molecule has 0 unspecified atom stereocenters. The van der Waals surface area contributed by atoms with E-state index in [0.29, 0.717) is 5.56 Å². The van der Waals surface area contributed by atoms with E-state index in [9.17, 15) is 4.79 Å². The molecule has 13 heavy (non-hydrogen) atoms. The van der Waals surface area contributed by atoms with E-state index in [1.807, 2.05) is 6.07 Å². The van der Waals surface area contributed by atoms with E-state index < -0.39 is 0 Å². The average molecular weight is 177 g/mol. The van der Waals surface area contributed by atoms with Gasteiger partial charge in [-0.15, -0.1) is 0 Å². The highest BCUT2D eigenvalue weighted by Gasteiger charge is 1.93. The third kappa shape index (κ3) is 5.41. The predicted molar refractivity (Wildman–Crippen MR) is 49.6 cm³/mol. The molecule has 0 fully saturated rings. The molecule has 0 heterocycles. The van der Waals surface area contributed by atoms with Gasteiger partial charge in [-0.05, 0) is 12.1 Å². The second-order valence-electron chi connectivity index (χ2n) is 2.09. The van der Waals surface area contributed by atoms with Crippen molar-refractivity contribution in [1.29, 1.82) is 5.26 Å². The smallest absolute Gasteiger partial charge is 0.248 e. The number of rotatable bonds is 1. The quantitative estimate of drug-likeness (QED) is 0.602. The lowest BCUT2D eigenvalue weighted by molar-refractivity contribution is 0.100. The fourth-order valence-electron chi connectivity index (χ4n) is 0.602. The number of nitrogens with two attached hydrogens (primary N) is 2. The van der Waals surface area contributed by atoms with Gasteiger partial charge in [-0.25, -0.2) is 0 Å². The van der Waals surface area contributed by atoms with Gasteiger partial charge in [0.1, 0.15) is 0 Å². The summed E-state index contributed by atoms with van der Waals surface area (Å²) in [5, 5.41) is 7.50. The van der Waals surface area contributed by atoms with Crippen molar-refractivity contribution < 1.29 is 4.79 Å². The predicted octanol–water partition coefficient (Wildman–Crippen LogP) is 0.254. The number of hydrogen-bond donors (Lipinski definition) is 2. The number of primary amides is 1. The molecule has 0 bridgehead atoms. The Labute approximate surface area is 76.8 Å². The van der Waals surface area contributed by atoms with Gasteiger partial charge < -0.3 is 11.5 Å². The molecule has 4 N–H and O–H groups in total. The molecule has 1 rings (SSSR count). The molecule has 0 aliphatic carbocycles. The molecule has 0 radical (unpaired) electrons. The van der Waals surface area contributed by atoms with Gasteiger partial charge in [0.05, 0.1) is 12.6 Å². The summed E-state index contributed by atoms with van der Waals surface area (Å²) in [6.07, 6.45) is 0. The summed E-state index contributed by atoms with van der Waals surface area (Å²) in [4.78, 5) is 10.4. The highest BCUT2D eigenvalue weighted by atomic mass is 16.1. The van der Waals surface area contributed by atoms with Crippen LogP contribution in [0.4, 0.5) is 0 Å². The van der Waals surface area contributed by atoms with Crippen LogP contribution in [0.25, 0.3) is 0 Å². The van der Waals surface area contributed by atoms with Crippen molar-refractivity contribution in [1.82, 2.24) is 0 Å². The molecule has 68 valence electrons. The molecule has 0 saturated heterocycles. The summed E-state index contributed by atoms with van der Waals surface area (Å²) in [6, 6.07) is 10.5. The van der Waals surface area contributed by atoms with Crippen LogP contribution in [-0.2, 0) is 0 Å². The van der Waals surface area contributed by atoms with Gasteiger partial charge in [-0.1, -0.05) is 18.2 Å². The lowest BCUT2D eigenvalue weighted by atomic mass is 10.2. The SMILES string of the molecule is N#CCN.NC(=O)c1ccccc1. The van der Waals surface area contributed by atoms with Crippen LogP contribution in [0.1, 0.15) is 10.4 Å². The molecular weight excluding hydrogens is 166 g/mol. The van der Waals surface area contributed by atoms with Crippen LogP contribution in [0.5, 0.6) is 0 Å². The van der Waals surface area contributed by atoms with E-state index in [2.05, 4.69) is 5.73 Å². The molecule has 1 amide bonds. The zero-order valence-corrected chi connectivity index (χ0v) is 7.10. The molecule has 0 spiro atoms. The molecule has 0 atom stereocenters. The Morgan fingerprint density at radius 2 is 1.85 bits per heavy atom. The number of nitrogens with zero attached hydrogens (tertiary/aromatic N) is 1. The lowest BCUT2D eigenvalue weighted by Crippen LogP contribution is -2.09. The lowest BCUT2D eigenvalue weighted by Gasteiger charge is -1.89. The minimum Gasteiger partial charge on any atom is -0.366 e. The summed E-state index contributed by atoms with van der Waals surface area (Å²) in [5.74, 6) is -0.379. The van der Waals surface area contributed by atoms with Gasteiger partial charge in [0.15, 0.2) is 0 Å². The zero-order chi connectivity index (χ0) is 10.1. The summed E-state index contributed by atoms with van der Waals surface area (Å²) in [7, 11) is 0. The highest BCUT2D eigenvalue weighted by molar-refractivity contribution is 5.92. The van der Waals surface area contributed by atoms with Crippen LogP contribution < -0.4 is 11.5 Å². The Kier molecular flexibility index (Phi) is 5.85. The zero-order valence-electron chi connectivity index (χ0n) is 7.10. The van der Waals surface area contributed by atoms with E-state index in [-0.39, 0.29) is 12.5 Å². The first-order valence-electron chi connectivity index (χ1n) is 3.64. The summed E-state index contributed by atoms with van der Waals surface area (Å²) >= 11 is 0. The van der Waals surface area contributed by atoms with Crippen LogP contribution in [0.3, 0.4) is 0 Å². The second kappa shape index (κ2) is 6.83. The van der Waals surface area contributed by atoms with Crippen LogP contribution in [0.15, 0.2) is 30.3 Å². The van der Waals surface area contributed by atoms with Gasteiger partial charge in [0.25, 0.3) is 0 Å². The van der Waals surface area contributed by atoms with Gasteiger partial charge in [0.2, 0.25) is 5.91 Å². The number of carbonyl (C=O) groups is 1. The number of carbonyl (C=O) groups excluding carboxylic acids is 1. The molecule has 4 heteroatoms. The number of hydrogen-bond acceptors (Lipinski definition) is 3. The number of benzene rings is 1. The van der Waals surface area contributed by atoms with Crippen molar-refractivity contribution in [2.45, 2.75) is 0 Å². The number of nitriles is 1. The van der Waals surface area contributed by atoms with Crippen molar-refractivity contribution >= 4 is 5.91 Å². The second-order valence-corrected chi connectivity index (χ2v) is 2.09. The Morgan fingerprint density at radius 1 is 1.38 bits per heavy atom. The summed E-state index contributed by atoms with van der Waals surface area (Å²) < 4.78 is 0. The van der Waals surface area contributed by atoms with Gasteiger partial charge in [-0.3, -0.25) is 4.79 Å². The first-order chi connectivity index (χ1) is 6.22. The first-order valence-corrected chi connectivity index (χ1v) is 3.64. The van der Waals surface area contributed by atoms with Crippen molar-refractivity contribution in [2.75, 3.05) is 6.54 Å². The third-order valence-electron chi connectivity index (χ3n) is 1.15.